The van der Waals surface area contributed by atoms with E-state index in [1.807, 2.05) is 16.7 Å². The van der Waals surface area contributed by atoms with E-state index in [0.717, 1.165) is 5.56 Å². The molecule has 1 aliphatic rings. The summed E-state index contributed by atoms with van der Waals surface area (Å²) in [5, 5.41) is 0. The number of hydrogen-bond acceptors (Lipinski definition) is 1. The Hall–Kier alpha value is -0.817. The third-order valence-corrected chi connectivity index (χ3v) is 8.48. The first-order valence-electron chi connectivity index (χ1n) is 13.3. The van der Waals surface area contributed by atoms with Gasteiger partial charge in [-0.05, 0) is 28.9 Å². The Kier molecular flexibility index (Phi) is 12.1. The molecule has 1 atom stereocenters. The molecule has 0 amide bonds. The van der Waals surface area contributed by atoms with Crippen LogP contribution >= 0.6 is 19.4 Å². The number of para-hydroxylation sites is 1. The van der Waals surface area contributed by atoms with Crippen LogP contribution in [0, 0.1) is 30.2 Å². The van der Waals surface area contributed by atoms with E-state index in [2.05, 4.69) is 117 Å². The molecular formula is C32H47Cl2NRu-2. The maximum Gasteiger partial charge on any atom is 0.0143 e. The van der Waals surface area contributed by atoms with Crippen LogP contribution < -0.4 is 4.90 Å². The first-order chi connectivity index (χ1) is 16.7. The van der Waals surface area contributed by atoms with Gasteiger partial charge < -0.3 is 4.90 Å². The van der Waals surface area contributed by atoms with Gasteiger partial charge in [0.05, 0.1) is 0 Å². The summed E-state index contributed by atoms with van der Waals surface area (Å²) in [4.78, 5) is 2.62. The second kappa shape index (κ2) is 13.8. The Morgan fingerprint density at radius 3 is 1.94 bits per heavy atom. The van der Waals surface area contributed by atoms with Gasteiger partial charge in [-0.3, -0.25) is 0 Å². The van der Waals surface area contributed by atoms with Crippen molar-refractivity contribution >= 4 is 29.7 Å². The summed E-state index contributed by atoms with van der Waals surface area (Å²) in [5.74, 6) is 2.31. The maximum absolute atomic E-state index is 5.86. The van der Waals surface area contributed by atoms with Gasteiger partial charge in [0.15, 0.2) is 0 Å². The van der Waals surface area contributed by atoms with Crippen molar-refractivity contribution in [1.29, 1.82) is 0 Å². The van der Waals surface area contributed by atoms with Gasteiger partial charge in [0, 0.05) is 11.7 Å². The molecule has 0 bridgehead atoms. The molecule has 1 heterocycles. The number of anilines is 1. The molecule has 1 aliphatic heterocycles. The number of hydrogen-bond donors (Lipinski definition) is 0. The number of nitrogens with zero attached hydrogens (tertiary/aromatic N) is 1. The minimum absolute atomic E-state index is 0.285. The van der Waals surface area contributed by atoms with Crippen molar-refractivity contribution in [2.24, 2.45) is 17.3 Å². The minimum Gasteiger partial charge on any atom is -0.519 e. The molecule has 0 aliphatic carbocycles. The molecule has 2 aromatic carbocycles. The van der Waals surface area contributed by atoms with E-state index < -0.39 is 13.5 Å². The SMILES string of the molecule is CC(C)[CH-]c1ccccc1[CH]=[Ru]([Cl])[Cl].CC(C)c1cccc(C(C)C)c1N1[CH-]C(C)(C)C[C@@H]1C(C)C. The topological polar surface area (TPSA) is 3.24 Å². The standard InChI is InChI=1S/C21H34N.C11H13.2ClH.Ru/c1-14(2)17-10-9-11-18(15(3)4)20(17)22-13-21(7,8)12-19(22)16(5)6;1-9(2)8-11-7-5-4-6-10(11)3;;;/h9-11,13-16,19H,12H2,1-8H3;3-9H,1-2H3;2*1H;/q2*-1;;;+2/p-2/t19-;;;;/m1..../s1. The van der Waals surface area contributed by atoms with Crippen molar-refractivity contribution in [2.75, 3.05) is 4.90 Å². The van der Waals surface area contributed by atoms with Crippen LogP contribution in [0.25, 0.3) is 0 Å². The van der Waals surface area contributed by atoms with Gasteiger partial charge in [0.1, 0.15) is 0 Å². The quantitative estimate of drug-likeness (QED) is 0.221. The van der Waals surface area contributed by atoms with Gasteiger partial charge in [-0.2, -0.15) is 0 Å². The number of benzene rings is 2. The van der Waals surface area contributed by atoms with Crippen LogP contribution in [0.1, 0.15) is 110 Å². The molecule has 1 saturated heterocycles. The fourth-order valence-electron chi connectivity index (χ4n) is 4.96. The molecule has 3 rings (SSSR count). The minimum atomic E-state index is -1.71. The normalized spacial score (nSPS) is 17.5. The molecule has 0 aromatic heterocycles. The summed E-state index contributed by atoms with van der Waals surface area (Å²) in [6.07, 6.45) is 3.46. The van der Waals surface area contributed by atoms with E-state index in [4.69, 9.17) is 19.4 Å². The number of rotatable bonds is 7. The van der Waals surface area contributed by atoms with Gasteiger partial charge >= 0.3 is 99.1 Å². The molecule has 204 valence electrons. The average molecular weight is 618 g/mol. The zero-order valence-corrected chi connectivity index (χ0v) is 27.2. The molecule has 0 spiro atoms. The fraction of sp³-hybridized carbons (Fsp3) is 0.531. The summed E-state index contributed by atoms with van der Waals surface area (Å²) in [6.45, 7) is 25.5. The maximum atomic E-state index is 5.86. The van der Waals surface area contributed by atoms with Crippen LogP contribution in [-0.4, -0.2) is 10.7 Å². The van der Waals surface area contributed by atoms with E-state index in [-0.39, 0.29) is 5.41 Å². The van der Waals surface area contributed by atoms with Crippen LogP contribution in [0.5, 0.6) is 0 Å². The van der Waals surface area contributed by atoms with Crippen LogP contribution in [0.15, 0.2) is 42.5 Å². The second-order valence-electron chi connectivity index (χ2n) is 12.0. The molecular weight excluding hydrogens is 570 g/mol. The Morgan fingerprint density at radius 2 is 1.47 bits per heavy atom. The Labute approximate surface area is 235 Å². The third-order valence-electron chi connectivity index (χ3n) is 6.65. The molecule has 1 nitrogen and oxygen atoms in total. The molecule has 2 aromatic rings. The van der Waals surface area contributed by atoms with Crippen LogP contribution in [0.4, 0.5) is 5.69 Å². The van der Waals surface area contributed by atoms with Crippen molar-refractivity contribution in [3.05, 3.63) is 77.7 Å². The largest absolute Gasteiger partial charge is 0.519 e. The second-order valence-corrected chi connectivity index (χ2v) is 17.7. The Morgan fingerprint density at radius 1 is 0.917 bits per heavy atom. The Bertz CT molecular complexity index is 977. The van der Waals surface area contributed by atoms with Gasteiger partial charge in [-0.25, -0.2) is 6.54 Å². The number of halogens is 2. The smallest absolute Gasteiger partial charge is 0.0143 e. The molecule has 0 N–H and O–H groups in total. The zero-order valence-electron chi connectivity index (χ0n) is 23.9. The predicted molar refractivity (Wildman–Crippen MR) is 160 cm³/mol. The van der Waals surface area contributed by atoms with Crippen LogP contribution in [0.3, 0.4) is 0 Å². The average Bonchev–Trinajstić information content (AvgIpc) is 3.09. The molecule has 36 heavy (non-hydrogen) atoms. The summed E-state index contributed by atoms with van der Waals surface area (Å²) >= 11 is -1.71. The molecule has 0 saturated carbocycles. The van der Waals surface area contributed by atoms with Crippen molar-refractivity contribution in [3.63, 3.8) is 0 Å². The fourth-order valence-corrected chi connectivity index (χ4v) is 6.81. The predicted octanol–water partition coefficient (Wildman–Crippen LogP) is 10.3. The van der Waals surface area contributed by atoms with E-state index in [9.17, 15) is 0 Å². The van der Waals surface area contributed by atoms with E-state index in [0.29, 0.717) is 29.7 Å². The van der Waals surface area contributed by atoms with Crippen molar-refractivity contribution in [2.45, 2.75) is 93.5 Å². The van der Waals surface area contributed by atoms with E-state index in [1.54, 1.807) is 0 Å². The van der Waals surface area contributed by atoms with Crippen molar-refractivity contribution in [3.8, 4) is 0 Å². The van der Waals surface area contributed by atoms with Crippen molar-refractivity contribution < 1.29 is 13.5 Å². The summed E-state index contributed by atoms with van der Waals surface area (Å²) in [5.41, 5.74) is 7.13. The van der Waals surface area contributed by atoms with Gasteiger partial charge in [0.2, 0.25) is 0 Å². The van der Waals surface area contributed by atoms with E-state index >= 15 is 0 Å². The third kappa shape index (κ3) is 8.89. The van der Waals surface area contributed by atoms with Crippen LogP contribution in [0.2, 0.25) is 0 Å². The Balaban J connectivity index is 0.000000281. The van der Waals surface area contributed by atoms with Gasteiger partial charge in [-0.15, -0.1) is 5.41 Å². The van der Waals surface area contributed by atoms with Gasteiger partial charge in [0.25, 0.3) is 0 Å². The first-order valence-corrected chi connectivity index (χ1v) is 18.8. The molecule has 1 fully saturated rings. The molecule has 0 radical (unpaired) electrons. The summed E-state index contributed by atoms with van der Waals surface area (Å²) < 4.78 is 1.99. The zero-order chi connectivity index (χ0) is 27.2. The van der Waals surface area contributed by atoms with Crippen molar-refractivity contribution in [1.82, 2.24) is 0 Å². The van der Waals surface area contributed by atoms with E-state index in [1.165, 1.54) is 28.8 Å². The van der Waals surface area contributed by atoms with Crippen LogP contribution in [-0.2, 0) is 13.5 Å². The summed E-state index contributed by atoms with van der Waals surface area (Å²) in [6, 6.07) is 15.7. The first kappa shape index (κ1) is 31.4. The summed E-state index contributed by atoms with van der Waals surface area (Å²) in [7, 11) is 11.7. The van der Waals surface area contributed by atoms with Gasteiger partial charge in [-0.1, -0.05) is 80.0 Å². The molecule has 4 heteroatoms. The monoisotopic (exact) mass is 617 g/mol. The molecule has 0 unspecified atom stereocenters.